The molecule has 0 N–H and O–H groups in total. The Morgan fingerprint density at radius 1 is 0.500 bits per heavy atom. The van der Waals surface area contributed by atoms with Crippen molar-refractivity contribution in [1.82, 2.24) is 0 Å². The Kier molecular flexibility index (Phi) is 17.1. The standard InChI is InChI=1S/C26H16.4C2H6.2Y/c1-5-13-22-18(9-1)17-19-10-2-6-14-23(19)26(22)24-15-7-3-11-20(24)21-12-4-8-16-25(21)26;4*1-2;;/h1-6,9-16H,17H2;4*1-2H3;;/q-2;;;;;;. The molecular weight excluding hydrogens is 586 g/mol. The van der Waals surface area contributed by atoms with Gasteiger partial charge in [0.2, 0.25) is 0 Å². The third kappa shape index (κ3) is 6.04. The first-order valence-electron chi connectivity index (χ1n) is 13.1. The van der Waals surface area contributed by atoms with Gasteiger partial charge in [0.1, 0.15) is 0 Å². The second-order valence-electron chi connectivity index (χ2n) is 7.18. The van der Waals surface area contributed by atoms with Gasteiger partial charge in [0, 0.05) is 65.4 Å². The van der Waals surface area contributed by atoms with Gasteiger partial charge in [0.25, 0.3) is 0 Å². The molecule has 4 aromatic carbocycles. The summed E-state index contributed by atoms with van der Waals surface area (Å²) in [7, 11) is 0. The van der Waals surface area contributed by atoms with Crippen molar-refractivity contribution in [1.29, 1.82) is 0 Å². The molecule has 0 bridgehead atoms. The van der Waals surface area contributed by atoms with E-state index in [0.717, 1.165) is 6.42 Å². The number of hydrogen-bond acceptors (Lipinski definition) is 0. The molecule has 2 heteroatoms. The summed E-state index contributed by atoms with van der Waals surface area (Å²) >= 11 is 0. The Morgan fingerprint density at radius 2 is 0.861 bits per heavy atom. The van der Waals surface area contributed by atoms with Gasteiger partial charge in [-0.2, -0.15) is 48.5 Å². The quantitative estimate of drug-likeness (QED) is 0.147. The third-order valence-electron chi connectivity index (χ3n) is 6.05. The van der Waals surface area contributed by atoms with Crippen LogP contribution in [0.2, 0.25) is 0 Å². The molecule has 2 radical (unpaired) electrons. The maximum absolute atomic E-state index is 3.35. The van der Waals surface area contributed by atoms with Crippen LogP contribution in [0, 0.1) is 12.1 Å². The second-order valence-corrected chi connectivity index (χ2v) is 7.18. The molecule has 0 amide bonds. The summed E-state index contributed by atoms with van der Waals surface area (Å²) in [6.45, 7) is 16.0. The molecule has 0 unspecified atom stereocenters. The van der Waals surface area contributed by atoms with E-state index in [9.17, 15) is 0 Å². The van der Waals surface area contributed by atoms with Crippen molar-refractivity contribution in [2.24, 2.45) is 0 Å². The van der Waals surface area contributed by atoms with Crippen molar-refractivity contribution >= 4 is 0 Å². The second kappa shape index (κ2) is 17.6. The zero-order chi connectivity index (χ0) is 25.1. The normalized spacial score (nSPS) is 11.6. The Morgan fingerprint density at radius 3 is 1.25 bits per heavy atom. The maximum atomic E-state index is 3.35. The van der Waals surface area contributed by atoms with Crippen LogP contribution >= 0.6 is 0 Å². The first-order valence-corrected chi connectivity index (χ1v) is 13.1. The van der Waals surface area contributed by atoms with Crippen LogP contribution in [-0.2, 0) is 77.3 Å². The molecule has 2 aliphatic carbocycles. The zero-order valence-electron chi connectivity index (χ0n) is 23.4. The first-order chi connectivity index (χ1) is 16.9. The van der Waals surface area contributed by atoms with Crippen molar-refractivity contribution in [2.45, 2.75) is 67.2 Å². The number of hydrogen-bond donors (Lipinski definition) is 0. The van der Waals surface area contributed by atoms with Crippen LogP contribution in [0.25, 0.3) is 11.1 Å². The van der Waals surface area contributed by atoms with Crippen molar-refractivity contribution in [3.05, 3.63) is 130 Å². The van der Waals surface area contributed by atoms with Crippen molar-refractivity contribution in [3.8, 4) is 11.1 Å². The summed E-state index contributed by atoms with van der Waals surface area (Å²) in [4.78, 5) is 0. The summed E-state index contributed by atoms with van der Waals surface area (Å²) in [5.41, 5.74) is 10.7. The topological polar surface area (TPSA) is 0 Å². The van der Waals surface area contributed by atoms with E-state index in [2.05, 4.69) is 84.9 Å². The van der Waals surface area contributed by atoms with E-state index < -0.39 is 0 Å². The van der Waals surface area contributed by atoms with E-state index in [1.54, 1.807) is 0 Å². The van der Waals surface area contributed by atoms with Crippen LogP contribution < -0.4 is 0 Å². The molecule has 0 aromatic heterocycles. The molecule has 36 heavy (non-hydrogen) atoms. The van der Waals surface area contributed by atoms with E-state index in [1.807, 2.05) is 67.5 Å². The van der Waals surface area contributed by atoms with Gasteiger partial charge >= 0.3 is 0 Å². The SMILES string of the molecule is CC.CC.CC.CC.[Y].[Y].[c-]1ccc2c(c1)C1(c3ccccc3Cc3ccccc31)c1c[c-]ccc1-2. The molecule has 2 aliphatic rings. The van der Waals surface area contributed by atoms with Crippen LogP contribution in [0.15, 0.2) is 84.9 Å². The molecule has 0 fully saturated rings. The van der Waals surface area contributed by atoms with Gasteiger partial charge in [-0.25, -0.2) is 0 Å². The minimum atomic E-state index is -0.258. The summed E-state index contributed by atoms with van der Waals surface area (Å²) in [5.74, 6) is 0. The Hall–Kier alpha value is -0.912. The number of rotatable bonds is 0. The number of fused-ring (bicyclic) bond motifs is 9. The van der Waals surface area contributed by atoms with Crippen LogP contribution in [0.3, 0.4) is 0 Å². The summed E-state index contributed by atoms with van der Waals surface area (Å²) in [6, 6.07) is 37.4. The van der Waals surface area contributed by atoms with Crippen molar-refractivity contribution in [2.75, 3.05) is 0 Å². The molecule has 0 atom stereocenters. The van der Waals surface area contributed by atoms with Crippen molar-refractivity contribution in [3.63, 3.8) is 0 Å². The molecule has 184 valence electrons. The van der Waals surface area contributed by atoms with Gasteiger partial charge in [0.05, 0.1) is 0 Å². The van der Waals surface area contributed by atoms with Gasteiger partial charge in [-0.05, 0) is 34.1 Å². The Bertz CT molecular complexity index is 1080. The first kappa shape index (κ1) is 35.1. The average Bonchev–Trinajstić information content (AvgIpc) is 3.25. The fourth-order valence-corrected chi connectivity index (χ4v) is 5.11. The average molecular weight is 627 g/mol. The fraction of sp³-hybridized carbons (Fsp3) is 0.294. The molecule has 6 rings (SSSR count). The third-order valence-corrected chi connectivity index (χ3v) is 6.05. The van der Waals surface area contributed by atoms with E-state index in [-0.39, 0.29) is 70.8 Å². The summed E-state index contributed by atoms with van der Waals surface area (Å²) in [5, 5.41) is 0. The minimum Gasteiger partial charge on any atom is -0.183 e. The molecule has 0 heterocycles. The fourth-order valence-electron chi connectivity index (χ4n) is 5.11. The van der Waals surface area contributed by atoms with Gasteiger partial charge < -0.3 is 0 Å². The van der Waals surface area contributed by atoms with E-state index in [0.29, 0.717) is 0 Å². The molecule has 0 saturated carbocycles. The minimum absolute atomic E-state index is 0. The van der Waals surface area contributed by atoms with Gasteiger partial charge in [-0.3, -0.25) is 0 Å². The van der Waals surface area contributed by atoms with E-state index in [1.165, 1.54) is 44.5 Å². The van der Waals surface area contributed by atoms with Crippen LogP contribution in [0.1, 0.15) is 88.8 Å². The molecule has 1 spiro atoms. The van der Waals surface area contributed by atoms with E-state index in [4.69, 9.17) is 0 Å². The molecule has 4 aromatic rings. The zero-order valence-corrected chi connectivity index (χ0v) is 29.1. The molecular formula is C34H40Y2-2. The Labute approximate surface area is 271 Å². The van der Waals surface area contributed by atoms with Gasteiger partial charge in [0.15, 0.2) is 0 Å². The smallest absolute Gasteiger partial charge is 0 e. The monoisotopic (exact) mass is 626 g/mol. The molecule has 0 nitrogen and oxygen atoms in total. The summed E-state index contributed by atoms with van der Waals surface area (Å²) < 4.78 is 0. The van der Waals surface area contributed by atoms with Crippen molar-refractivity contribution < 1.29 is 65.4 Å². The van der Waals surface area contributed by atoms with Crippen LogP contribution in [0.5, 0.6) is 0 Å². The van der Waals surface area contributed by atoms with Crippen LogP contribution in [0.4, 0.5) is 0 Å². The predicted molar refractivity (Wildman–Crippen MR) is 150 cm³/mol. The number of benzene rings is 4. The van der Waals surface area contributed by atoms with Gasteiger partial charge in [-0.15, -0.1) is 22.3 Å². The predicted octanol–water partition coefficient (Wildman–Crippen LogP) is 9.65. The van der Waals surface area contributed by atoms with Crippen LogP contribution in [-0.4, -0.2) is 0 Å². The molecule has 0 aliphatic heterocycles. The summed E-state index contributed by atoms with van der Waals surface area (Å²) in [6.07, 6.45) is 0.992. The maximum Gasteiger partial charge on any atom is 0 e. The van der Waals surface area contributed by atoms with Gasteiger partial charge in [-0.1, -0.05) is 104 Å². The van der Waals surface area contributed by atoms with E-state index >= 15 is 0 Å². The molecule has 0 saturated heterocycles. The Balaban J connectivity index is 0.00000113. The largest absolute Gasteiger partial charge is 0.183 e.